The Morgan fingerprint density at radius 3 is 2.85 bits per heavy atom. The molecule has 6 heteroatoms. The highest BCUT2D eigenvalue weighted by molar-refractivity contribution is 9.10. The number of halogens is 2. The molecule has 0 radical (unpaired) electrons. The van der Waals surface area contributed by atoms with Crippen LogP contribution in [0.2, 0.25) is 5.15 Å². The molecule has 70 valence electrons. The van der Waals surface area contributed by atoms with Gasteiger partial charge in [-0.1, -0.05) is 11.6 Å². The maximum absolute atomic E-state index is 10.6. The van der Waals surface area contributed by atoms with Crippen molar-refractivity contribution in [3.8, 4) is 5.88 Å². The van der Waals surface area contributed by atoms with Gasteiger partial charge in [-0.15, -0.1) is 0 Å². The predicted molar refractivity (Wildman–Crippen MR) is 50.5 cm³/mol. The largest absolute Gasteiger partial charge is 0.480 e. The molecular weight excluding hydrogens is 261 g/mol. The molecule has 0 bridgehead atoms. The lowest BCUT2D eigenvalue weighted by Crippen LogP contribution is -2.00. The van der Waals surface area contributed by atoms with Crippen molar-refractivity contribution in [2.24, 2.45) is 0 Å². The maximum Gasteiger partial charge on any atom is 0.338 e. The van der Waals surface area contributed by atoms with Crippen molar-refractivity contribution in [1.82, 2.24) is 4.98 Å². The number of carboxylic acid groups (broad SMARTS) is 1. The van der Waals surface area contributed by atoms with Crippen LogP contribution in [0.5, 0.6) is 5.88 Å². The third kappa shape index (κ3) is 2.10. The van der Waals surface area contributed by atoms with Gasteiger partial charge in [0.05, 0.1) is 17.1 Å². The molecule has 1 rings (SSSR count). The summed E-state index contributed by atoms with van der Waals surface area (Å²) < 4.78 is 5.28. The van der Waals surface area contributed by atoms with Gasteiger partial charge in [-0.3, -0.25) is 0 Å². The fourth-order valence-electron chi connectivity index (χ4n) is 0.744. The normalized spacial score (nSPS) is 9.77. The van der Waals surface area contributed by atoms with Crippen molar-refractivity contribution in [3.05, 3.63) is 21.3 Å². The number of hydrogen-bond acceptors (Lipinski definition) is 3. The molecule has 0 saturated carbocycles. The van der Waals surface area contributed by atoms with Crippen LogP contribution < -0.4 is 4.74 Å². The van der Waals surface area contributed by atoms with Crippen LogP contribution in [-0.4, -0.2) is 23.2 Å². The summed E-state index contributed by atoms with van der Waals surface area (Å²) in [7, 11) is 1.42. The van der Waals surface area contributed by atoms with E-state index < -0.39 is 5.97 Å². The summed E-state index contributed by atoms with van der Waals surface area (Å²) >= 11 is 8.68. The molecule has 1 heterocycles. The highest BCUT2D eigenvalue weighted by atomic mass is 79.9. The van der Waals surface area contributed by atoms with Crippen molar-refractivity contribution < 1.29 is 14.6 Å². The first-order chi connectivity index (χ1) is 6.06. The Morgan fingerprint density at radius 2 is 2.38 bits per heavy atom. The first-order valence-electron chi connectivity index (χ1n) is 3.19. The predicted octanol–water partition coefficient (Wildman–Crippen LogP) is 2.20. The Labute approximate surface area is 87.6 Å². The molecule has 0 fully saturated rings. The van der Waals surface area contributed by atoms with E-state index in [2.05, 4.69) is 20.9 Å². The topological polar surface area (TPSA) is 59.4 Å². The number of hydrogen-bond donors (Lipinski definition) is 1. The summed E-state index contributed by atoms with van der Waals surface area (Å²) in [5.41, 5.74) is -0.0608. The van der Waals surface area contributed by atoms with Gasteiger partial charge in [0, 0.05) is 0 Å². The van der Waals surface area contributed by atoms with Crippen LogP contribution in [0.3, 0.4) is 0 Å². The van der Waals surface area contributed by atoms with E-state index in [1.165, 1.54) is 13.2 Å². The third-order valence-corrected chi connectivity index (χ3v) is 2.18. The molecule has 0 spiro atoms. The van der Waals surface area contributed by atoms with Gasteiger partial charge in [0.15, 0.2) is 0 Å². The lowest BCUT2D eigenvalue weighted by atomic mass is 10.3. The van der Waals surface area contributed by atoms with E-state index in [0.29, 0.717) is 4.47 Å². The molecule has 13 heavy (non-hydrogen) atoms. The average molecular weight is 266 g/mol. The van der Waals surface area contributed by atoms with Crippen LogP contribution >= 0.6 is 27.5 Å². The van der Waals surface area contributed by atoms with E-state index >= 15 is 0 Å². The van der Waals surface area contributed by atoms with Gasteiger partial charge in [0.2, 0.25) is 5.88 Å². The Kier molecular flexibility index (Phi) is 3.11. The van der Waals surface area contributed by atoms with Gasteiger partial charge in [-0.2, -0.15) is 4.98 Å². The van der Waals surface area contributed by atoms with Gasteiger partial charge in [-0.05, 0) is 22.0 Å². The van der Waals surface area contributed by atoms with Crippen LogP contribution in [0.4, 0.5) is 0 Å². The average Bonchev–Trinajstić information content (AvgIpc) is 2.07. The van der Waals surface area contributed by atoms with Crippen molar-refractivity contribution in [3.63, 3.8) is 0 Å². The molecule has 0 aliphatic carbocycles. The number of carbonyl (C=O) groups is 1. The fraction of sp³-hybridized carbons (Fsp3) is 0.143. The van der Waals surface area contributed by atoms with Gasteiger partial charge in [0.25, 0.3) is 0 Å². The summed E-state index contributed by atoms with van der Waals surface area (Å²) in [6.07, 6.45) is 0. The maximum atomic E-state index is 10.6. The molecule has 1 aromatic heterocycles. The first kappa shape index (κ1) is 10.3. The smallest absolute Gasteiger partial charge is 0.338 e. The van der Waals surface area contributed by atoms with Crippen LogP contribution in [-0.2, 0) is 0 Å². The molecular formula is C7H5BrClNO3. The second-order valence-corrected chi connectivity index (χ2v) is 3.34. The fourth-order valence-corrected chi connectivity index (χ4v) is 1.44. The zero-order valence-corrected chi connectivity index (χ0v) is 8.89. The van der Waals surface area contributed by atoms with Gasteiger partial charge in [0.1, 0.15) is 5.15 Å². The molecule has 0 aliphatic heterocycles. The summed E-state index contributed by atoms with van der Waals surface area (Å²) in [6, 6.07) is 1.34. The molecule has 0 amide bonds. The highest BCUT2D eigenvalue weighted by Gasteiger charge is 2.14. The van der Waals surface area contributed by atoms with Crippen LogP contribution in [0.25, 0.3) is 0 Å². The van der Waals surface area contributed by atoms with Crippen molar-refractivity contribution in [2.45, 2.75) is 0 Å². The van der Waals surface area contributed by atoms with Crippen LogP contribution in [0, 0.1) is 0 Å². The van der Waals surface area contributed by atoms with E-state index in [9.17, 15) is 4.79 Å². The molecule has 1 N–H and O–H groups in total. The number of methoxy groups -OCH3 is 1. The van der Waals surface area contributed by atoms with Gasteiger partial charge < -0.3 is 9.84 Å². The minimum absolute atomic E-state index is 0.0608. The molecule has 1 aromatic rings. The monoisotopic (exact) mass is 265 g/mol. The molecule has 0 atom stereocenters. The zero-order chi connectivity index (χ0) is 10.0. The summed E-state index contributed by atoms with van der Waals surface area (Å²) in [5.74, 6) is -0.865. The van der Waals surface area contributed by atoms with Crippen LogP contribution in [0.1, 0.15) is 10.4 Å². The molecule has 0 aromatic carbocycles. The Balaban J connectivity index is 3.28. The number of carboxylic acids is 1. The number of aromatic nitrogens is 1. The number of nitrogens with zero attached hydrogens (tertiary/aromatic N) is 1. The van der Waals surface area contributed by atoms with E-state index in [1.807, 2.05) is 0 Å². The first-order valence-corrected chi connectivity index (χ1v) is 4.36. The minimum Gasteiger partial charge on any atom is -0.480 e. The number of rotatable bonds is 2. The van der Waals surface area contributed by atoms with E-state index in [1.54, 1.807) is 0 Å². The third-order valence-electron chi connectivity index (χ3n) is 1.32. The van der Waals surface area contributed by atoms with Gasteiger partial charge >= 0.3 is 5.97 Å². The van der Waals surface area contributed by atoms with Crippen molar-refractivity contribution >= 4 is 33.5 Å². The number of ether oxygens (including phenoxy) is 1. The SMILES string of the molecule is COc1nc(Cl)c(C(=O)O)cc1Br. The van der Waals surface area contributed by atoms with Gasteiger partial charge in [-0.25, -0.2) is 4.79 Å². The highest BCUT2D eigenvalue weighted by Crippen LogP contribution is 2.27. The zero-order valence-electron chi connectivity index (χ0n) is 6.54. The lowest BCUT2D eigenvalue weighted by Gasteiger charge is -2.04. The summed E-state index contributed by atoms with van der Waals surface area (Å²) in [5, 5.41) is 8.58. The quantitative estimate of drug-likeness (QED) is 0.834. The Hall–Kier alpha value is -0.810. The lowest BCUT2D eigenvalue weighted by molar-refractivity contribution is 0.0696. The Morgan fingerprint density at radius 1 is 1.77 bits per heavy atom. The number of aromatic carboxylic acids is 1. The van der Waals surface area contributed by atoms with Crippen molar-refractivity contribution in [1.29, 1.82) is 0 Å². The van der Waals surface area contributed by atoms with Crippen molar-refractivity contribution in [2.75, 3.05) is 7.11 Å². The minimum atomic E-state index is -1.12. The Bertz CT molecular complexity index is 356. The van der Waals surface area contributed by atoms with E-state index in [-0.39, 0.29) is 16.6 Å². The molecule has 0 aliphatic rings. The summed E-state index contributed by atoms with van der Waals surface area (Å²) in [4.78, 5) is 14.3. The number of pyridine rings is 1. The standard InChI is InChI=1S/C7H5BrClNO3/c1-13-6-4(8)2-3(7(11)12)5(9)10-6/h2H,1H3,(H,11,12). The second-order valence-electron chi connectivity index (χ2n) is 2.12. The van der Waals surface area contributed by atoms with Crippen LogP contribution in [0.15, 0.2) is 10.5 Å². The molecule has 4 nitrogen and oxygen atoms in total. The van der Waals surface area contributed by atoms with E-state index in [0.717, 1.165) is 0 Å². The van der Waals surface area contributed by atoms with E-state index in [4.69, 9.17) is 21.4 Å². The second kappa shape index (κ2) is 3.93. The molecule has 0 saturated heterocycles. The molecule has 0 unspecified atom stereocenters. The summed E-state index contributed by atoms with van der Waals surface area (Å²) in [6.45, 7) is 0.